The molecule has 0 N–H and O–H groups in total. The SMILES string of the molecule is Cc1ccccc1O[C@@H]1O[C@H](COC(=O)c2ccccc2)[C@H](OC(=O)c2ccccc2)[C@H](OCc2ccccc2)[C@H]1OCc1ccccc1. The second-order valence-corrected chi connectivity index (χ2v) is 11.6. The Hall–Kier alpha value is -5.28. The van der Waals surface area contributed by atoms with Gasteiger partial charge in [-0.3, -0.25) is 0 Å². The summed E-state index contributed by atoms with van der Waals surface area (Å²) in [5.41, 5.74) is 3.46. The van der Waals surface area contributed by atoms with Crippen LogP contribution in [0.3, 0.4) is 0 Å². The maximum Gasteiger partial charge on any atom is 0.338 e. The van der Waals surface area contributed by atoms with E-state index in [0.717, 1.165) is 16.7 Å². The number of esters is 2. The predicted octanol–water partition coefficient (Wildman–Crippen LogP) is 7.35. The standard InChI is InChI=1S/C41H38O8/c1-29-16-14-15-25-34(29)47-41-38(45-27-31-19-8-3-9-20-31)37(44-26-30-17-6-2-7-18-30)36(49-40(43)33-23-12-5-13-24-33)35(48-41)28-46-39(42)32-21-10-4-11-22-32/h2-25,35-38,41H,26-28H2,1H3/t35-,36+,37+,38-,41-/m1/s1. The Kier molecular flexibility index (Phi) is 11.5. The Bertz CT molecular complexity index is 1770. The van der Waals surface area contributed by atoms with Gasteiger partial charge in [0.15, 0.2) is 6.10 Å². The molecule has 1 saturated heterocycles. The molecule has 250 valence electrons. The van der Waals surface area contributed by atoms with E-state index in [-0.39, 0.29) is 19.8 Å². The van der Waals surface area contributed by atoms with Crippen LogP contribution in [0.4, 0.5) is 0 Å². The van der Waals surface area contributed by atoms with Crippen LogP contribution >= 0.6 is 0 Å². The maximum absolute atomic E-state index is 13.6. The van der Waals surface area contributed by atoms with Gasteiger partial charge in [0, 0.05) is 0 Å². The molecule has 0 spiro atoms. The van der Waals surface area contributed by atoms with Crippen molar-refractivity contribution in [3.63, 3.8) is 0 Å². The Morgan fingerprint density at radius 1 is 0.571 bits per heavy atom. The van der Waals surface area contributed by atoms with Crippen LogP contribution in [0, 0.1) is 6.92 Å². The lowest BCUT2D eigenvalue weighted by atomic mass is 9.97. The van der Waals surface area contributed by atoms with Gasteiger partial charge in [-0.1, -0.05) is 115 Å². The van der Waals surface area contributed by atoms with E-state index >= 15 is 0 Å². The van der Waals surface area contributed by atoms with Crippen LogP contribution in [0.2, 0.25) is 0 Å². The molecule has 0 saturated carbocycles. The molecule has 0 aliphatic carbocycles. The van der Waals surface area contributed by atoms with Crippen LogP contribution in [-0.4, -0.2) is 49.3 Å². The molecule has 0 radical (unpaired) electrons. The van der Waals surface area contributed by atoms with E-state index in [1.54, 1.807) is 48.5 Å². The molecule has 0 aromatic heterocycles. The highest BCUT2D eigenvalue weighted by molar-refractivity contribution is 5.90. The molecule has 1 fully saturated rings. The third-order valence-electron chi connectivity index (χ3n) is 8.14. The van der Waals surface area contributed by atoms with E-state index in [1.807, 2.05) is 104 Å². The molecule has 1 aliphatic heterocycles. The zero-order chi connectivity index (χ0) is 33.8. The third-order valence-corrected chi connectivity index (χ3v) is 8.14. The van der Waals surface area contributed by atoms with E-state index in [9.17, 15) is 9.59 Å². The molecule has 5 aromatic carbocycles. The first-order valence-corrected chi connectivity index (χ1v) is 16.2. The van der Waals surface area contributed by atoms with Crippen molar-refractivity contribution in [1.82, 2.24) is 0 Å². The van der Waals surface area contributed by atoms with Crippen LogP contribution in [-0.2, 0) is 36.9 Å². The maximum atomic E-state index is 13.6. The summed E-state index contributed by atoms with van der Waals surface area (Å²) in [5, 5.41) is 0. The Labute approximate surface area is 286 Å². The van der Waals surface area contributed by atoms with Crippen molar-refractivity contribution in [1.29, 1.82) is 0 Å². The third kappa shape index (κ3) is 9.00. The first kappa shape index (κ1) is 33.6. The molecule has 6 rings (SSSR count). The average Bonchev–Trinajstić information content (AvgIpc) is 3.15. The second kappa shape index (κ2) is 16.7. The summed E-state index contributed by atoms with van der Waals surface area (Å²) in [5.74, 6) is -0.540. The van der Waals surface area contributed by atoms with Crippen LogP contribution in [0.5, 0.6) is 5.75 Å². The normalized spacial score (nSPS) is 20.2. The molecule has 5 atom stereocenters. The molecular weight excluding hydrogens is 620 g/mol. The van der Waals surface area contributed by atoms with E-state index in [1.165, 1.54) is 0 Å². The Balaban J connectivity index is 1.37. The smallest absolute Gasteiger partial charge is 0.338 e. The average molecular weight is 659 g/mol. The first-order valence-electron chi connectivity index (χ1n) is 16.2. The summed E-state index contributed by atoms with van der Waals surface area (Å²) in [6.07, 6.45) is -4.85. The van der Waals surface area contributed by atoms with Gasteiger partial charge < -0.3 is 28.4 Å². The number of para-hydroxylation sites is 1. The molecule has 1 aliphatic rings. The fourth-order valence-electron chi connectivity index (χ4n) is 5.54. The molecule has 1 heterocycles. The van der Waals surface area contributed by atoms with Crippen LogP contribution in [0.25, 0.3) is 0 Å². The lowest BCUT2D eigenvalue weighted by Crippen LogP contribution is -2.63. The number of hydrogen-bond donors (Lipinski definition) is 0. The van der Waals surface area contributed by atoms with Crippen LogP contribution < -0.4 is 4.74 Å². The fourth-order valence-corrected chi connectivity index (χ4v) is 5.54. The van der Waals surface area contributed by atoms with E-state index in [2.05, 4.69) is 0 Å². The fraction of sp³-hybridized carbons (Fsp3) is 0.220. The van der Waals surface area contributed by atoms with Crippen molar-refractivity contribution in [2.75, 3.05) is 6.61 Å². The van der Waals surface area contributed by atoms with Crippen LogP contribution in [0.1, 0.15) is 37.4 Å². The van der Waals surface area contributed by atoms with Crippen molar-refractivity contribution < 1.29 is 38.0 Å². The van der Waals surface area contributed by atoms with Gasteiger partial charge in [0.2, 0.25) is 6.29 Å². The Morgan fingerprint density at radius 2 is 1.06 bits per heavy atom. The monoisotopic (exact) mass is 658 g/mol. The number of benzene rings is 5. The lowest BCUT2D eigenvalue weighted by molar-refractivity contribution is -0.298. The van der Waals surface area contributed by atoms with Crippen molar-refractivity contribution in [3.05, 3.63) is 173 Å². The molecule has 5 aromatic rings. The number of ether oxygens (including phenoxy) is 6. The minimum Gasteiger partial charge on any atom is -0.462 e. The molecule has 8 heteroatoms. The van der Waals surface area contributed by atoms with E-state index in [0.29, 0.717) is 16.9 Å². The molecule has 8 nitrogen and oxygen atoms in total. The molecule has 49 heavy (non-hydrogen) atoms. The topological polar surface area (TPSA) is 89.5 Å². The van der Waals surface area contributed by atoms with Gasteiger partial charge in [-0.2, -0.15) is 0 Å². The van der Waals surface area contributed by atoms with Gasteiger partial charge in [0.25, 0.3) is 0 Å². The molecule has 0 unspecified atom stereocenters. The summed E-state index contributed by atoms with van der Waals surface area (Å²) < 4.78 is 38.3. The zero-order valence-corrected chi connectivity index (χ0v) is 27.1. The quantitative estimate of drug-likeness (QED) is 0.121. The van der Waals surface area contributed by atoms with Gasteiger partial charge in [0.05, 0.1) is 24.3 Å². The number of rotatable bonds is 13. The van der Waals surface area contributed by atoms with Crippen molar-refractivity contribution in [3.8, 4) is 5.75 Å². The highest BCUT2D eigenvalue weighted by Gasteiger charge is 2.51. The largest absolute Gasteiger partial charge is 0.462 e. The van der Waals surface area contributed by atoms with Gasteiger partial charge >= 0.3 is 11.9 Å². The number of hydrogen-bond acceptors (Lipinski definition) is 8. The molecule has 0 amide bonds. The van der Waals surface area contributed by atoms with Gasteiger partial charge in [0.1, 0.15) is 30.7 Å². The van der Waals surface area contributed by atoms with E-state index < -0.39 is 42.6 Å². The summed E-state index contributed by atoms with van der Waals surface area (Å²) in [7, 11) is 0. The number of carbonyl (C=O) groups is 2. The summed E-state index contributed by atoms with van der Waals surface area (Å²) >= 11 is 0. The minimum absolute atomic E-state index is 0.184. The molecular formula is C41H38O8. The second-order valence-electron chi connectivity index (χ2n) is 11.6. The van der Waals surface area contributed by atoms with Crippen molar-refractivity contribution >= 4 is 11.9 Å². The van der Waals surface area contributed by atoms with Gasteiger partial charge in [-0.15, -0.1) is 0 Å². The molecule has 0 bridgehead atoms. The van der Waals surface area contributed by atoms with Gasteiger partial charge in [-0.25, -0.2) is 9.59 Å². The highest BCUT2D eigenvalue weighted by atomic mass is 16.7. The van der Waals surface area contributed by atoms with Crippen molar-refractivity contribution in [2.45, 2.75) is 50.8 Å². The predicted molar refractivity (Wildman–Crippen MR) is 183 cm³/mol. The zero-order valence-electron chi connectivity index (χ0n) is 27.1. The van der Waals surface area contributed by atoms with E-state index in [4.69, 9.17) is 28.4 Å². The lowest BCUT2D eigenvalue weighted by Gasteiger charge is -2.45. The summed E-state index contributed by atoms with van der Waals surface area (Å²) in [6.45, 7) is 2.08. The Morgan fingerprint density at radius 3 is 1.63 bits per heavy atom. The minimum atomic E-state index is -1.06. The number of carbonyl (C=O) groups excluding carboxylic acids is 2. The van der Waals surface area contributed by atoms with Crippen molar-refractivity contribution in [2.24, 2.45) is 0 Å². The highest BCUT2D eigenvalue weighted by Crippen LogP contribution is 2.33. The number of aryl methyl sites for hydroxylation is 1. The van der Waals surface area contributed by atoms with Gasteiger partial charge in [-0.05, 0) is 53.9 Å². The summed E-state index contributed by atoms with van der Waals surface area (Å²) in [6, 6.07) is 44.3. The summed E-state index contributed by atoms with van der Waals surface area (Å²) in [4.78, 5) is 26.7. The first-order chi connectivity index (χ1) is 24.0. The van der Waals surface area contributed by atoms with Crippen LogP contribution in [0.15, 0.2) is 146 Å².